The van der Waals surface area contributed by atoms with Crippen molar-refractivity contribution in [1.29, 1.82) is 0 Å². The van der Waals surface area contributed by atoms with E-state index in [0.29, 0.717) is 17.3 Å². The molecule has 1 aromatic heterocycles. The van der Waals surface area contributed by atoms with Crippen molar-refractivity contribution in [2.75, 3.05) is 6.54 Å². The Morgan fingerprint density at radius 1 is 1.35 bits per heavy atom. The lowest BCUT2D eigenvalue weighted by atomic mass is 10.1. The van der Waals surface area contributed by atoms with Gasteiger partial charge in [0.15, 0.2) is 0 Å². The Bertz CT molecular complexity index is 665. The fraction of sp³-hybridized carbons (Fsp3) is 0.214. The maximum Gasteiger partial charge on any atom is 0.346 e. The molecule has 0 saturated heterocycles. The smallest absolute Gasteiger partial charge is 0.346 e. The molecule has 1 amide bonds. The Labute approximate surface area is 121 Å². The summed E-state index contributed by atoms with van der Waals surface area (Å²) in [6.45, 7) is 2.51. The molecule has 0 atom stereocenters. The number of nitrogens with zero attached hydrogens (tertiary/aromatic N) is 1. The Kier molecular flexibility index (Phi) is 4.53. The maximum absolute atomic E-state index is 11.9. The minimum atomic E-state index is -0.556. The van der Waals surface area contributed by atoms with Gasteiger partial charge in [-0.2, -0.15) is 4.98 Å². The van der Waals surface area contributed by atoms with Crippen LogP contribution in [0, 0.1) is 0 Å². The van der Waals surface area contributed by atoms with Gasteiger partial charge in [0.2, 0.25) is 0 Å². The first-order valence-corrected chi connectivity index (χ1v) is 6.63. The van der Waals surface area contributed by atoms with Crippen LogP contribution in [0.4, 0.5) is 0 Å². The van der Waals surface area contributed by atoms with Crippen molar-refractivity contribution in [3.63, 3.8) is 0 Å². The van der Waals surface area contributed by atoms with E-state index in [1.807, 2.05) is 6.92 Å². The molecule has 0 bridgehead atoms. The number of aromatic nitrogens is 2. The lowest BCUT2D eigenvalue weighted by Gasteiger charge is -2.05. The maximum atomic E-state index is 11.9. The lowest BCUT2D eigenvalue weighted by molar-refractivity contribution is 0.0948. The van der Waals surface area contributed by atoms with E-state index in [0.717, 1.165) is 12.0 Å². The largest absolute Gasteiger partial charge is 0.351 e. The molecule has 0 radical (unpaired) electrons. The molecule has 6 heteroatoms. The van der Waals surface area contributed by atoms with Crippen LogP contribution in [-0.4, -0.2) is 22.4 Å². The van der Waals surface area contributed by atoms with E-state index in [1.165, 1.54) is 0 Å². The van der Waals surface area contributed by atoms with E-state index >= 15 is 0 Å². The Balaban J connectivity index is 2.36. The second kappa shape index (κ2) is 6.34. The van der Waals surface area contributed by atoms with E-state index in [9.17, 15) is 9.59 Å². The zero-order chi connectivity index (χ0) is 14.5. The van der Waals surface area contributed by atoms with Crippen LogP contribution < -0.4 is 11.0 Å². The van der Waals surface area contributed by atoms with Gasteiger partial charge < -0.3 is 10.3 Å². The fourth-order valence-electron chi connectivity index (χ4n) is 1.68. The topological polar surface area (TPSA) is 74.8 Å². The van der Waals surface area contributed by atoms with Crippen molar-refractivity contribution in [2.45, 2.75) is 13.3 Å². The van der Waals surface area contributed by atoms with Gasteiger partial charge in [-0.05, 0) is 24.6 Å². The zero-order valence-electron chi connectivity index (χ0n) is 10.9. The summed E-state index contributed by atoms with van der Waals surface area (Å²) in [5.41, 5.74) is 0.805. The van der Waals surface area contributed by atoms with Gasteiger partial charge in [0.25, 0.3) is 5.91 Å². The standard InChI is InChI=1S/C14H14ClN3O2/c1-2-7-16-13(19)12-8-11(17-14(20)18-12)9-3-5-10(15)6-4-9/h3-6,8H,2,7H2,1H3,(H,16,19)(H,17,18,20). The second-order valence-corrected chi connectivity index (χ2v) is 4.68. The molecule has 0 saturated carbocycles. The van der Waals surface area contributed by atoms with Crippen LogP contribution in [-0.2, 0) is 0 Å². The van der Waals surface area contributed by atoms with E-state index in [1.54, 1.807) is 30.3 Å². The first-order chi connectivity index (χ1) is 9.60. The number of nitrogens with one attached hydrogen (secondary N) is 2. The molecule has 0 spiro atoms. The molecule has 0 aliphatic heterocycles. The van der Waals surface area contributed by atoms with Crippen LogP contribution in [0.15, 0.2) is 35.1 Å². The van der Waals surface area contributed by atoms with Gasteiger partial charge in [0, 0.05) is 17.1 Å². The number of amides is 1. The number of benzene rings is 1. The molecule has 2 aromatic rings. The summed E-state index contributed by atoms with van der Waals surface area (Å²) < 4.78 is 0. The molecule has 0 unspecified atom stereocenters. The average molecular weight is 292 g/mol. The predicted molar refractivity (Wildman–Crippen MR) is 77.9 cm³/mol. The summed E-state index contributed by atoms with van der Waals surface area (Å²) in [5, 5.41) is 3.30. The minimum Gasteiger partial charge on any atom is -0.351 e. The van der Waals surface area contributed by atoms with Crippen LogP contribution in [0.1, 0.15) is 23.8 Å². The first-order valence-electron chi connectivity index (χ1n) is 6.25. The molecule has 1 aromatic carbocycles. The summed E-state index contributed by atoms with van der Waals surface area (Å²) >= 11 is 5.82. The van der Waals surface area contributed by atoms with Gasteiger partial charge in [0.05, 0.1) is 5.69 Å². The molecule has 104 valence electrons. The van der Waals surface area contributed by atoms with Crippen molar-refractivity contribution in [1.82, 2.24) is 15.3 Å². The molecule has 1 heterocycles. The van der Waals surface area contributed by atoms with Gasteiger partial charge in [-0.3, -0.25) is 4.79 Å². The fourth-order valence-corrected chi connectivity index (χ4v) is 1.81. The summed E-state index contributed by atoms with van der Waals surface area (Å²) in [6, 6.07) is 8.46. The van der Waals surface area contributed by atoms with Gasteiger partial charge in [-0.1, -0.05) is 30.7 Å². The number of carbonyl (C=O) groups excluding carboxylic acids is 1. The normalized spacial score (nSPS) is 10.3. The van der Waals surface area contributed by atoms with Gasteiger partial charge in [-0.25, -0.2) is 4.79 Å². The minimum absolute atomic E-state index is 0.198. The van der Waals surface area contributed by atoms with Crippen molar-refractivity contribution in [2.24, 2.45) is 0 Å². The summed E-state index contributed by atoms with van der Waals surface area (Å²) in [6.07, 6.45) is 0.825. The monoisotopic (exact) mass is 291 g/mol. The third-order valence-electron chi connectivity index (χ3n) is 2.66. The SMILES string of the molecule is CCCNC(=O)c1cc(-c2ccc(Cl)cc2)nc(=O)[nH]1. The van der Waals surface area contributed by atoms with Crippen molar-refractivity contribution in [3.8, 4) is 11.3 Å². The van der Waals surface area contributed by atoms with Gasteiger partial charge in [-0.15, -0.1) is 0 Å². The number of hydrogen-bond donors (Lipinski definition) is 2. The van der Waals surface area contributed by atoms with E-state index < -0.39 is 5.69 Å². The molecule has 2 N–H and O–H groups in total. The highest BCUT2D eigenvalue weighted by molar-refractivity contribution is 6.30. The highest BCUT2D eigenvalue weighted by atomic mass is 35.5. The number of rotatable bonds is 4. The molecular weight excluding hydrogens is 278 g/mol. The predicted octanol–water partition coefficient (Wildman–Crippen LogP) is 2.23. The highest BCUT2D eigenvalue weighted by Gasteiger charge is 2.09. The summed E-state index contributed by atoms with van der Waals surface area (Å²) in [7, 11) is 0. The van der Waals surface area contributed by atoms with Crippen LogP contribution in [0.25, 0.3) is 11.3 Å². The van der Waals surface area contributed by atoms with Crippen LogP contribution in [0.5, 0.6) is 0 Å². The Morgan fingerprint density at radius 2 is 2.05 bits per heavy atom. The first kappa shape index (κ1) is 14.3. The van der Waals surface area contributed by atoms with Gasteiger partial charge in [0.1, 0.15) is 5.69 Å². The number of aromatic amines is 1. The number of H-pyrrole nitrogens is 1. The Morgan fingerprint density at radius 3 is 2.70 bits per heavy atom. The Hall–Kier alpha value is -2.14. The van der Waals surface area contributed by atoms with Gasteiger partial charge >= 0.3 is 5.69 Å². The van der Waals surface area contributed by atoms with Crippen LogP contribution >= 0.6 is 11.6 Å². The molecule has 5 nitrogen and oxygen atoms in total. The van der Waals surface area contributed by atoms with Crippen LogP contribution in [0.2, 0.25) is 5.02 Å². The van der Waals surface area contributed by atoms with Crippen molar-refractivity contribution in [3.05, 3.63) is 51.5 Å². The van der Waals surface area contributed by atoms with Crippen molar-refractivity contribution >= 4 is 17.5 Å². The molecule has 0 fully saturated rings. The molecule has 0 aliphatic rings. The third-order valence-corrected chi connectivity index (χ3v) is 2.92. The number of hydrogen-bond acceptors (Lipinski definition) is 3. The van der Waals surface area contributed by atoms with E-state index in [2.05, 4.69) is 15.3 Å². The van der Waals surface area contributed by atoms with Crippen LogP contribution in [0.3, 0.4) is 0 Å². The quantitative estimate of drug-likeness (QED) is 0.907. The average Bonchev–Trinajstić information content (AvgIpc) is 2.44. The van der Waals surface area contributed by atoms with E-state index in [-0.39, 0.29) is 11.6 Å². The molecule has 2 rings (SSSR count). The number of carbonyl (C=O) groups is 1. The molecule has 0 aliphatic carbocycles. The second-order valence-electron chi connectivity index (χ2n) is 4.25. The summed E-state index contributed by atoms with van der Waals surface area (Å²) in [5.74, 6) is -0.318. The lowest BCUT2D eigenvalue weighted by Crippen LogP contribution is -2.27. The number of halogens is 1. The van der Waals surface area contributed by atoms with Crippen molar-refractivity contribution < 1.29 is 4.79 Å². The van der Waals surface area contributed by atoms with E-state index in [4.69, 9.17) is 11.6 Å². The molecule has 20 heavy (non-hydrogen) atoms. The molecular formula is C14H14ClN3O2. The zero-order valence-corrected chi connectivity index (χ0v) is 11.7. The summed E-state index contributed by atoms with van der Waals surface area (Å²) in [4.78, 5) is 29.7. The third kappa shape index (κ3) is 3.45. The highest BCUT2D eigenvalue weighted by Crippen LogP contribution is 2.18.